The maximum Gasteiger partial charge on any atom is 0.337 e. The molecular formula is C13H17N3O3. The van der Waals surface area contributed by atoms with E-state index in [1.54, 1.807) is 12.1 Å². The van der Waals surface area contributed by atoms with Gasteiger partial charge >= 0.3 is 5.97 Å². The van der Waals surface area contributed by atoms with Gasteiger partial charge in [-0.15, -0.1) is 4.91 Å². The van der Waals surface area contributed by atoms with Gasteiger partial charge in [0.1, 0.15) is 5.69 Å². The number of benzene rings is 1. The Kier molecular flexibility index (Phi) is 4.46. The topological polar surface area (TPSA) is 71.0 Å². The van der Waals surface area contributed by atoms with Crippen LogP contribution in [0.2, 0.25) is 0 Å². The third-order valence-electron chi connectivity index (χ3n) is 3.18. The van der Waals surface area contributed by atoms with Gasteiger partial charge in [0.25, 0.3) is 0 Å². The highest BCUT2D eigenvalue weighted by atomic mass is 16.5. The first-order valence-electron chi connectivity index (χ1n) is 6.27. The van der Waals surface area contributed by atoms with Gasteiger partial charge in [-0.3, -0.25) is 0 Å². The highest BCUT2D eigenvalue weighted by Crippen LogP contribution is 2.30. The molecule has 0 atom stereocenters. The van der Waals surface area contributed by atoms with Crippen LogP contribution >= 0.6 is 0 Å². The maximum atomic E-state index is 11.4. The van der Waals surface area contributed by atoms with E-state index < -0.39 is 5.97 Å². The lowest BCUT2D eigenvalue weighted by Crippen LogP contribution is -2.27. The van der Waals surface area contributed by atoms with E-state index in [9.17, 15) is 9.70 Å². The van der Waals surface area contributed by atoms with E-state index in [1.807, 2.05) is 0 Å². The van der Waals surface area contributed by atoms with Gasteiger partial charge in [-0.05, 0) is 36.3 Å². The second-order valence-electron chi connectivity index (χ2n) is 4.38. The zero-order chi connectivity index (χ0) is 13.7. The molecule has 0 radical (unpaired) electrons. The molecule has 6 nitrogen and oxygen atoms in total. The summed E-state index contributed by atoms with van der Waals surface area (Å²) in [5, 5.41) is 6.33. The Balaban J connectivity index is 2.29. The van der Waals surface area contributed by atoms with E-state index >= 15 is 0 Å². The average molecular weight is 263 g/mol. The lowest BCUT2D eigenvalue weighted by atomic mass is 10.1. The molecule has 1 N–H and O–H groups in total. The minimum absolute atomic E-state index is 0.282. The summed E-state index contributed by atoms with van der Waals surface area (Å²) in [5.74, 6) is -0.464. The van der Waals surface area contributed by atoms with E-state index in [2.05, 4.69) is 20.1 Å². The second-order valence-corrected chi connectivity index (χ2v) is 4.38. The van der Waals surface area contributed by atoms with Crippen molar-refractivity contribution < 1.29 is 9.53 Å². The zero-order valence-corrected chi connectivity index (χ0v) is 10.9. The maximum absolute atomic E-state index is 11.4. The lowest BCUT2D eigenvalue weighted by Gasteiger charge is -2.23. The first-order chi connectivity index (χ1) is 9.26. The van der Waals surface area contributed by atoms with Gasteiger partial charge in [-0.2, -0.15) is 0 Å². The zero-order valence-electron chi connectivity index (χ0n) is 10.9. The highest BCUT2D eigenvalue weighted by Gasteiger charge is 2.16. The van der Waals surface area contributed by atoms with E-state index in [-0.39, 0.29) is 5.69 Å². The molecule has 1 fully saturated rings. The minimum atomic E-state index is -0.464. The number of hydrogen-bond donors (Lipinski definition) is 1. The minimum Gasteiger partial charge on any atom is -0.465 e. The van der Waals surface area contributed by atoms with Gasteiger partial charge in [0.15, 0.2) is 0 Å². The smallest absolute Gasteiger partial charge is 0.337 e. The Labute approximate surface area is 111 Å². The summed E-state index contributed by atoms with van der Waals surface area (Å²) in [5.41, 5.74) is 1.39. The number of ether oxygens (including phenoxy) is 1. The third-order valence-corrected chi connectivity index (χ3v) is 3.18. The molecule has 1 aliphatic heterocycles. The summed E-state index contributed by atoms with van der Waals surface area (Å²) in [6.07, 6.45) is 1.01. The number of hydrogen-bond acceptors (Lipinski definition) is 6. The van der Waals surface area contributed by atoms with Gasteiger partial charge in [0.05, 0.1) is 18.4 Å². The van der Waals surface area contributed by atoms with Crippen LogP contribution in [0, 0.1) is 4.91 Å². The number of rotatable bonds is 3. The Morgan fingerprint density at radius 1 is 1.37 bits per heavy atom. The van der Waals surface area contributed by atoms with E-state index in [0.29, 0.717) is 5.56 Å². The largest absolute Gasteiger partial charge is 0.465 e. The van der Waals surface area contributed by atoms with Gasteiger partial charge in [0, 0.05) is 19.6 Å². The van der Waals surface area contributed by atoms with Gasteiger partial charge in [-0.25, -0.2) is 4.79 Å². The summed E-state index contributed by atoms with van der Waals surface area (Å²) in [4.78, 5) is 24.5. The second kappa shape index (κ2) is 6.29. The van der Waals surface area contributed by atoms with Gasteiger partial charge in [-0.1, -0.05) is 0 Å². The van der Waals surface area contributed by atoms with Crippen LogP contribution in [0.5, 0.6) is 0 Å². The van der Waals surface area contributed by atoms with Crippen LogP contribution in [0.25, 0.3) is 0 Å². The number of nitrogens with zero attached hydrogens (tertiary/aromatic N) is 2. The first-order valence-corrected chi connectivity index (χ1v) is 6.27. The molecule has 0 bridgehead atoms. The standard InChI is InChI=1S/C13H17N3O3/c1-19-13(17)10-3-4-12(11(9-10)15-18)16-7-2-5-14-6-8-16/h3-4,9,14H,2,5-8H2,1H3. The molecule has 0 saturated carbocycles. The van der Waals surface area contributed by atoms with Crippen LogP contribution in [0.1, 0.15) is 16.8 Å². The quantitative estimate of drug-likeness (QED) is 0.663. The molecule has 1 aromatic rings. The first kappa shape index (κ1) is 13.5. The van der Waals surface area contributed by atoms with Gasteiger partial charge < -0.3 is 15.0 Å². The van der Waals surface area contributed by atoms with Crippen LogP contribution in [0.3, 0.4) is 0 Å². The van der Waals surface area contributed by atoms with Gasteiger partial charge in [0.2, 0.25) is 0 Å². The number of nitrogens with one attached hydrogen (secondary N) is 1. The molecule has 0 spiro atoms. The fraction of sp³-hybridized carbons (Fsp3) is 0.462. The predicted molar refractivity (Wildman–Crippen MR) is 72.9 cm³/mol. The van der Waals surface area contributed by atoms with Crippen LogP contribution in [-0.4, -0.2) is 39.3 Å². The summed E-state index contributed by atoms with van der Waals surface area (Å²) >= 11 is 0. The molecule has 0 aliphatic carbocycles. The number of nitroso groups, excluding NO2 is 1. The van der Waals surface area contributed by atoms with Crippen molar-refractivity contribution in [2.24, 2.45) is 5.18 Å². The number of carbonyl (C=O) groups excluding carboxylic acids is 1. The number of anilines is 1. The van der Waals surface area contributed by atoms with Crippen LogP contribution < -0.4 is 10.2 Å². The van der Waals surface area contributed by atoms with Crippen LogP contribution in [-0.2, 0) is 4.74 Å². The average Bonchev–Trinajstić information content (AvgIpc) is 2.74. The van der Waals surface area contributed by atoms with Crippen molar-refractivity contribution in [1.29, 1.82) is 0 Å². The molecule has 0 amide bonds. The molecule has 1 saturated heterocycles. The number of methoxy groups -OCH3 is 1. The van der Waals surface area contributed by atoms with Crippen molar-refractivity contribution in [3.63, 3.8) is 0 Å². The monoisotopic (exact) mass is 263 g/mol. The summed E-state index contributed by atoms with van der Waals surface area (Å²) in [6.45, 7) is 3.53. The Morgan fingerprint density at radius 2 is 2.21 bits per heavy atom. The van der Waals surface area contributed by atoms with Crippen molar-refractivity contribution in [2.45, 2.75) is 6.42 Å². The normalized spacial score (nSPS) is 15.7. The summed E-state index contributed by atoms with van der Waals surface area (Å²) in [7, 11) is 1.31. The Morgan fingerprint density at radius 3 is 2.95 bits per heavy atom. The molecule has 0 unspecified atom stereocenters. The molecule has 1 heterocycles. The molecular weight excluding hydrogens is 246 g/mol. The SMILES string of the molecule is COC(=O)c1ccc(N2CCCNCC2)c(N=O)c1. The predicted octanol–water partition coefficient (Wildman–Crippen LogP) is 1.67. The van der Waals surface area contributed by atoms with Crippen LogP contribution in [0.15, 0.2) is 23.4 Å². The molecule has 0 aromatic heterocycles. The van der Waals surface area contributed by atoms with E-state index in [4.69, 9.17) is 0 Å². The fourth-order valence-corrected chi connectivity index (χ4v) is 2.20. The fourth-order valence-electron chi connectivity index (χ4n) is 2.20. The van der Waals surface area contributed by atoms with Crippen molar-refractivity contribution in [3.05, 3.63) is 28.7 Å². The van der Waals surface area contributed by atoms with E-state index in [0.717, 1.165) is 38.3 Å². The molecule has 1 aromatic carbocycles. The summed E-state index contributed by atoms with van der Waals surface area (Å²) in [6, 6.07) is 4.90. The molecule has 1 aliphatic rings. The summed E-state index contributed by atoms with van der Waals surface area (Å²) < 4.78 is 4.63. The van der Waals surface area contributed by atoms with Crippen molar-refractivity contribution >= 4 is 17.3 Å². The van der Waals surface area contributed by atoms with Crippen molar-refractivity contribution in [3.8, 4) is 0 Å². The number of esters is 1. The molecule has 6 heteroatoms. The third kappa shape index (κ3) is 3.08. The molecule has 19 heavy (non-hydrogen) atoms. The van der Waals surface area contributed by atoms with E-state index in [1.165, 1.54) is 13.2 Å². The molecule has 2 rings (SSSR count). The Hall–Kier alpha value is -1.95. The number of carbonyl (C=O) groups is 1. The Bertz CT molecular complexity index is 468. The van der Waals surface area contributed by atoms with Crippen molar-refractivity contribution in [1.82, 2.24) is 5.32 Å². The highest BCUT2D eigenvalue weighted by molar-refractivity contribution is 5.91. The lowest BCUT2D eigenvalue weighted by molar-refractivity contribution is 0.0601. The van der Waals surface area contributed by atoms with Crippen LogP contribution in [0.4, 0.5) is 11.4 Å². The molecule has 102 valence electrons. The van der Waals surface area contributed by atoms with Crippen molar-refractivity contribution in [2.75, 3.05) is 38.2 Å².